The van der Waals surface area contributed by atoms with Crippen LogP contribution in [0.25, 0.3) is 0 Å². The smallest absolute Gasteiger partial charge is 0.244 e. The zero-order chi connectivity index (χ0) is 24.9. The summed E-state index contributed by atoms with van der Waals surface area (Å²) in [5, 5.41) is 2.58. The Bertz CT molecular complexity index is 1140. The summed E-state index contributed by atoms with van der Waals surface area (Å²) in [4.78, 5) is 27.5. The van der Waals surface area contributed by atoms with Crippen LogP contribution >= 0.6 is 0 Å². The number of nitrogens with zero attached hydrogens (tertiary/aromatic N) is 2. The molecule has 1 aliphatic rings. The molecule has 0 radical (unpaired) electrons. The molecule has 0 aliphatic carbocycles. The number of carbonyl (C=O) groups is 2. The molecular formula is C23H29N3O7S. The lowest BCUT2D eigenvalue weighted by Crippen LogP contribution is -2.51. The van der Waals surface area contributed by atoms with E-state index < -0.39 is 28.5 Å². The van der Waals surface area contributed by atoms with Gasteiger partial charge in [-0.3, -0.25) is 13.9 Å². The summed E-state index contributed by atoms with van der Waals surface area (Å²) in [6.07, 6.45) is 1.37. The van der Waals surface area contributed by atoms with Gasteiger partial charge in [0.15, 0.2) is 11.5 Å². The van der Waals surface area contributed by atoms with Crippen LogP contribution in [0.15, 0.2) is 42.5 Å². The molecule has 1 aliphatic heterocycles. The highest BCUT2D eigenvalue weighted by atomic mass is 32.2. The van der Waals surface area contributed by atoms with Gasteiger partial charge in [0.1, 0.15) is 18.3 Å². The van der Waals surface area contributed by atoms with Gasteiger partial charge in [-0.05, 0) is 36.2 Å². The quantitative estimate of drug-likeness (QED) is 0.538. The molecule has 1 N–H and O–H groups in total. The molecule has 3 rings (SSSR count). The number of sulfonamides is 1. The van der Waals surface area contributed by atoms with E-state index in [-0.39, 0.29) is 24.9 Å². The minimum Gasteiger partial charge on any atom is -0.497 e. The number of benzene rings is 2. The van der Waals surface area contributed by atoms with Crippen molar-refractivity contribution in [3.8, 4) is 17.2 Å². The highest BCUT2D eigenvalue weighted by molar-refractivity contribution is 7.92. The van der Waals surface area contributed by atoms with Crippen molar-refractivity contribution in [2.24, 2.45) is 0 Å². The molecular weight excluding hydrogens is 462 g/mol. The maximum absolute atomic E-state index is 13.5. The Labute approximate surface area is 199 Å². The van der Waals surface area contributed by atoms with E-state index in [0.717, 1.165) is 16.1 Å². The van der Waals surface area contributed by atoms with E-state index >= 15 is 0 Å². The second kappa shape index (κ2) is 10.6. The van der Waals surface area contributed by atoms with E-state index in [2.05, 4.69) is 5.32 Å². The van der Waals surface area contributed by atoms with E-state index in [1.54, 1.807) is 50.4 Å². The van der Waals surface area contributed by atoms with Crippen molar-refractivity contribution < 1.29 is 32.2 Å². The van der Waals surface area contributed by atoms with Crippen LogP contribution in [0.3, 0.4) is 0 Å². The van der Waals surface area contributed by atoms with Gasteiger partial charge in [-0.15, -0.1) is 0 Å². The third-order valence-corrected chi connectivity index (χ3v) is 6.61. The largest absolute Gasteiger partial charge is 0.497 e. The van der Waals surface area contributed by atoms with Crippen LogP contribution in [0.5, 0.6) is 17.2 Å². The Balaban J connectivity index is 1.93. The summed E-state index contributed by atoms with van der Waals surface area (Å²) in [6, 6.07) is 11.0. The first-order chi connectivity index (χ1) is 16.2. The number of carbonyl (C=O) groups excluding carboxylic acids is 2. The molecule has 0 saturated carbocycles. The van der Waals surface area contributed by atoms with E-state index in [1.807, 2.05) is 0 Å². The third kappa shape index (κ3) is 5.71. The van der Waals surface area contributed by atoms with Gasteiger partial charge in [0, 0.05) is 19.7 Å². The number of hydrogen-bond acceptors (Lipinski definition) is 7. The number of likely N-dealkylation sites (N-methyl/N-ethyl adjacent to an activating group) is 1. The molecule has 2 aromatic rings. The van der Waals surface area contributed by atoms with Crippen LogP contribution in [0, 0.1) is 0 Å². The number of rotatable bonds is 10. The first-order valence-electron chi connectivity index (χ1n) is 10.7. The first-order valence-corrected chi connectivity index (χ1v) is 12.5. The van der Waals surface area contributed by atoms with Crippen molar-refractivity contribution in [3.05, 3.63) is 48.0 Å². The fourth-order valence-corrected chi connectivity index (χ4v) is 4.51. The van der Waals surface area contributed by atoms with Crippen LogP contribution in [0.4, 0.5) is 5.69 Å². The predicted octanol–water partition coefficient (Wildman–Crippen LogP) is 1.74. The monoisotopic (exact) mass is 491 g/mol. The number of fused-ring (bicyclic) bond motifs is 1. The van der Waals surface area contributed by atoms with Crippen molar-refractivity contribution in [1.29, 1.82) is 0 Å². The van der Waals surface area contributed by atoms with Crippen LogP contribution in [-0.2, 0) is 26.2 Å². The van der Waals surface area contributed by atoms with Crippen molar-refractivity contribution in [3.63, 3.8) is 0 Å². The van der Waals surface area contributed by atoms with E-state index in [9.17, 15) is 18.0 Å². The molecule has 0 unspecified atom stereocenters. The summed E-state index contributed by atoms with van der Waals surface area (Å²) in [6.45, 7) is 1.46. The molecule has 0 bridgehead atoms. The normalized spacial score (nSPS) is 13.2. The lowest BCUT2D eigenvalue weighted by molar-refractivity contribution is -0.140. The highest BCUT2D eigenvalue weighted by Crippen LogP contribution is 2.36. The molecule has 2 aromatic carbocycles. The number of ether oxygens (including phenoxy) is 3. The number of amides is 2. The van der Waals surface area contributed by atoms with Gasteiger partial charge in [0.25, 0.3) is 0 Å². The zero-order valence-corrected chi connectivity index (χ0v) is 20.4. The number of methoxy groups -OCH3 is 1. The Morgan fingerprint density at radius 1 is 1.12 bits per heavy atom. The molecule has 1 atom stereocenters. The Morgan fingerprint density at radius 3 is 2.38 bits per heavy atom. The first kappa shape index (κ1) is 25.2. The van der Waals surface area contributed by atoms with Gasteiger partial charge >= 0.3 is 0 Å². The maximum Gasteiger partial charge on any atom is 0.244 e. The predicted molar refractivity (Wildman–Crippen MR) is 126 cm³/mol. The van der Waals surface area contributed by atoms with E-state index in [1.165, 1.54) is 18.0 Å². The SMILES string of the molecule is CC[C@H](C(=O)NC)N(Cc1ccc(OC)cc1)C(=O)CN(c1ccc2c(c1)OCO2)S(C)(=O)=O. The minimum atomic E-state index is -3.83. The molecule has 0 spiro atoms. The Hall–Kier alpha value is -3.47. The second-order valence-corrected chi connectivity index (χ2v) is 9.62. The molecule has 34 heavy (non-hydrogen) atoms. The lowest BCUT2D eigenvalue weighted by atomic mass is 10.1. The zero-order valence-electron chi connectivity index (χ0n) is 19.6. The molecule has 0 saturated heterocycles. The van der Waals surface area contributed by atoms with E-state index in [4.69, 9.17) is 14.2 Å². The molecule has 0 aromatic heterocycles. The molecule has 0 fully saturated rings. The average molecular weight is 492 g/mol. The summed E-state index contributed by atoms with van der Waals surface area (Å²) < 4.78 is 42.1. The standard InChI is InChI=1S/C23H29N3O7S/c1-5-19(23(28)24-2)25(13-16-6-9-18(31-3)10-7-16)22(27)14-26(34(4,29)30)17-8-11-20-21(12-17)33-15-32-20/h6-12,19H,5,13-15H2,1-4H3,(H,24,28)/t19-/m1/s1. The molecule has 2 amide bonds. The second-order valence-electron chi connectivity index (χ2n) is 7.72. The van der Waals surface area contributed by atoms with Gasteiger partial charge < -0.3 is 24.4 Å². The molecule has 11 heteroatoms. The van der Waals surface area contributed by atoms with Crippen LogP contribution in [0.2, 0.25) is 0 Å². The van der Waals surface area contributed by atoms with Gasteiger partial charge in [-0.25, -0.2) is 8.42 Å². The lowest BCUT2D eigenvalue weighted by Gasteiger charge is -2.32. The van der Waals surface area contributed by atoms with Crippen molar-refractivity contribution in [2.45, 2.75) is 25.9 Å². The van der Waals surface area contributed by atoms with Gasteiger partial charge in [0.2, 0.25) is 28.6 Å². The van der Waals surface area contributed by atoms with Crippen molar-refractivity contribution in [2.75, 3.05) is 38.1 Å². The summed E-state index contributed by atoms with van der Waals surface area (Å²) in [5.74, 6) is 0.694. The summed E-state index contributed by atoms with van der Waals surface area (Å²) >= 11 is 0. The van der Waals surface area contributed by atoms with Gasteiger partial charge in [-0.2, -0.15) is 0 Å². The van der Waals surface area contributed by atoms with Crippen LogP contribution < -0.4 is 23.8 Å². The van der Waals surface area contributed by atoms with Crippen LogP contribution in [0.1, 0.15) is 18.9 Å². The van der Waals surface area contributed by atoms with Crippen molar-refractivity contribution >= 4 is 27.5 Å². The van der Waals surface area contributed by atoms with Gasteiger partial charge in [-0.1, -0.05) is 19.1 Å². The third-order valence-electron chi connectivity index (χ3n) is 5.47. The summed E-state index contributed by atoms with van der Waals surface area (Å²) in [7, 11) is -0.780. The summed E-state index contributed by atoms with van der Waals surface area (Å²) in [5.41, 5.74) is 1.03. The fourth-order valence-electron chi connectivity index (χ4n) is 3.67. The molecule has 1 heterocycles. The van der Waals surface area contributed by atoms with Crippen LogP contribution in [-0.4, -0.2) is 64.9 Å². The minimum absolute atomic E-state index is 0.0382. The topological polar surface area (TPSA) is 114 Å². The Morgan fingerprint density at radius 2 is 1.79 bits per heavy atom. The average Bonchev–Trinajstić information content (AvgIpc) is 3.29. The highest BCUT2D eigenvalue weighted by Gasteiger charge is 2.31. The number of hydrogen-bond donors (Lipinski definition) is 1. The molecule has 10 nitrogen and oxygen atoms in total. The molecule has 184 valence electrons. The fraction of sp³-hybridized carbons (Fsp3) is 0.391. The van der Waals surface area contributed by atoms with E-state index in [0.29, 0.717) is 23.7 Å². The number of nitrogens with one attached hydrogen (secondary N) is 1. The Kier molecular flexibility index (Phi) is 7.87. The maximum atomic E-state index is 13.5. The van der Waals surface area contributed by atoms with Crippen molar-refractivity contribution in [1.82, 2.24) is 10.2 Å². The van der Waals surface area contributed by atoms with Gasteiger partial charge in [0.05, 0.1) is 19.1 Å². The number of anilines is 1.